The van der Waals surface area contributed by atoms with Crippen molar-refractivity contribution in [3.8, 4) is 11.3 Å². The highest BCUT2D eigenvalue weighted by molar-refractivity contribution is 6.34. The highest BCUT2D eigenvalue weighted by atomic mass is 35.5. The molecule has 0 amide bonds. The van der Waals surface area contributed by atoms with E-state index in [2.05, 4.69) is 5.10 Å². The highest BCUT2D eigenvalue weighted by Crippen LogP contribution is 2.27. The summed E-state index contributed by atoms with van der Waals surface area (Å²) in [6.45, 7) is 2.46. The fourth-order valence-electron chi connectivity index (χ4n) is 3.38. The molecule has 2 aromatic heterocycles. The van der Waals surface area contributed by atoms with Gasteiger partial charge in [0, 0.05) is 17.7 Å². The first-order valence-corrected chi connectivity index (χ1v) is 10.4. The van der Waals surface area contributed by atoms with E-state index in [0.29, 0.717) is 34.4 Å². The zero-order valence-corrected chi connectivity index (χ0v) is 18.3. The minimum atomic E-state index is -0.557. The number of aryl methyl sites for hydroxylation is 1. The molecule has 0 atom stereocenters. The third-order valence-corrected chi connectivity index (χ3v) is 5.49. The van der Waals surface area contributed by atoms with Crippen LogP contribution in [0.1, 0.15) is 33.2 Å². The number of hydrogen-bond donors (Lipinski definition) is 0. The summed E-state index contributed by atoms with van der Waals surface area (Å²) in [5.41, 5.74) is 3.19. The van der Waals surface area contributed by atoms with Crippen LogP contribution in [0, 0.1) is 0 Å². The first kappa shape index (κ1) is 21.5. The topological polar surface area (TPSA) is 83.3 Å². The predicted octanol–water partition coefficient (Wildman–Crippen LogP) is 4.92. The first-order valence-electron chi connectivity index (χ1n) is 9.98. The van der Waals surface area contributed by atoms with E-state index in [1.165, 1.54) is 7.11 Å². The molecule has 0 aliphatic carbocycles. The van der Waals surface area contributed by atoms with Gasteiger partial charge in [0.1, 0.15) is 6.61 Å². The Labute approximate surface area is 189 Å². The van der Waals surface area contributed by atoms with Crippen LogP contribution in [0.5, 0.6) is 0 Å². The normalized spacial score (nSPS) is 10.8. The smallest absolute Gasteiger partial charge is 0.339 e. The van der Waals surface area contributed by atoms with Crippen molar-refractivity contribution in [2.45, 2.75) is 20.1 Å². The zero-order valence-electron chi connectivity index (χ0n) is 17.5. The Balaban J connectivity index is 1.68. The molecule has 0 aliphatic heterocycles. The van der Waals surface area contributed by atoms with Crippen molar-refractivity contribution in [1.29, 1.82) is 0 Å². The number of pyridine rings is 1. The van der Waals surface area contributed by atoms with E-state index < -0.39 is 11.9 Å². The highest BCUT2D eigenvalue weighted by Gasteiger charge is 2.20. The quantitative estimate of drug-likeness (QED) is 0.389. The Morgan fingerprint density at radius 3 is 2.53 bits per heavy atom. The maximum absolute atomic E-state index is 13.1. The minimum Gasteiger partial charge on any atom is -0.465 e. The van der Waals surface area contributed by atoms with Crippen LogP contribution in [0.4, 0.5) is 0 Å². The lowest BCUT2D eigenvalue weighted by Crippen LogP contribution is -2.09. The molecule has 0 aliphatic rings. The molecule has 0 N–H and O–H groups in total. The Morgan fingerprint density at radius 2 is 1.81 bits per heavy atom. The number of rotatable bonds is 6. The molecule has 2 heterocycles. The standard InChI is InChI=1S/C24H20ClN3O4/c1-3-28-22-19(13-26-28)18(12-20(27-22)15-8-5-4-6-9-15)24(30)32-14-16-10-7-11-17(21(16)25)23(29)31-2/h4-13H,3,14H2,1-2H3. The molecule has 0 saturated heterocycles. The Kier molecular flexibility index (Phi) is 6.18. The number of hydrogen-bond acceptors (Lipinski definition) is 6. The van der Waals surface area contributed by atoms with Crippen LogP contribution >= 0.6 is 11.6 Å². The van der Waals surface area contributed by atoms with Crippen LogP contribution < -0.4 is 0 Å². The summed E-state index contributed by atoms with van der Waals surface area (Å²) in [6, 6.07) is 16.2. The molecule has 0 unspecified atom stereocenters. The predicted molar refractivity (Wildman–Crippen MR) is 121 cm³/mol. The lowest BCUT2D eigenvalue weighted by Gasteiger charge is -2.11. The van der Waals surface area contributed by atoms with Crippen molar-refractivity contribution in [2.24, 2.45) is 0 Å². The first-order chi connectivity index (χ1) is 15.5. The van der Waals surface area contributed by atoms with Crippen molar-refractivity contribution < 1.29 is 19.1 Å². The van der Waals surface area contributed by atoms with Gasteiger partial charge in [-0.15, -0.1) is 0 Å². The van der Waals surface area contributed by atoms with Gasteiger partial charge in [-0.05, 0) is 19.1 Å². The van der Waals surface area contributed by atoms with Crippen LogP contribution in [0.3, 0.4) is 0 Å². The molecule has 4 rings (SSSR count). The number of nitrogens with zero attached hydrogens (tertiary/aromatic N) is 3. The molecule has 0 bridgehead atoms. The second-order valence-electron chi connectivity index (χ2n) is 6.97. The lowest BCUT2D eigenvalue weighted by molar-refractivity contribution is 0.0475. The van der Waals surface area contributed by atoms with Gasteiger partial charge in [0.25, 0.3) is 0 Å². The van der Waals surface area contributed by atoms with Gasteiger partial charge in [-0.3, -0.25) is 0 Å². The van der Waals surface area contributed by atoms with Gasteiger partial charge in [-0.2, -0.15) is 5.10 Å². The Hall–Kier alpha value is -3.71. The monoisotopic (exact) mass is 449 g/mol. The number of halogens is 1. The summed E-state index contributed by atoms with van der Waals surface area (Å²) in [6.07, 6.45) is 1.61. The van der Waals surface area contributed by atoms with Crippen LogP contribution in [0.2, 0.25) is 5.02 Å². The molecule has 32 heavy (non-hydrogen) atoms. The number of carbonyl (C=O) groups is 2. The summed E-state index contributed by atoms with van der Waals surface area (Å²) in [7, 11) is 1.28. The molecule has 8 heteroatoms. The van der Waals surface area contributed by atoms with Gasteiger partial charge in [0.05, 0.1) is 40.5 Å². The van der Waals surface area contributed by atoms with E-state index >= 15 is 0 Å². The maximum Gasteiger partial charge on any atom is 0.339 e. The average Bonchev–Trinajstić information content (AvgIpc) is 3.25. The van der Waals surface area contributed by atoms with Crippen LogP contribution in [0.15, 0.2) is 60.8 Å². The van der Waals surface area contributed by atoms with Gasteiger partial charge < -0.3 is 9.47 Å². The van der Waals surface area contributed by atoms with E-state index in [9.17, 15) is 9.59 Å². The molecule has 0 fully saturated rings. The van der Waals surface area contributed by atoms with Gasteiger partial charge in [-0.1, -0.05) is 54.1 Å². The second kappa shape index (κ2) is 9.20. The largest absolute Gasteiger partial charge is 0.465 e. The maximum atomic E-state index is 13.1. The van der Waals surface area contributed by atoms with Crippen molar-refractivity contribution in [2.75, 3.05) is 7.11 Å². The molecule has 0 radical (unpaired) electrons. The van der Waals surface area contributed by atoms with E-state index in [1.807, 2.05) is 37.3 Å². The fraction of sp³-hybridized carbons (Fsp3) is 0.167. The number of carbonyl (C=O) groups excluding carboxylic acids is 2. The van der Waals surface area contributed by atoms with E-state index in [-0.39, 0.29) is 17.2 Å². The summed E-state index contributed by atoms with van der Waals surface area (Å²) in [5.74, 6) is -1.09. The number of aromatic nitrogens is 3. The summed E-state index contributed by atoms with van der Waals surface area (Å²) in [4.78, 5) is 29.7. The number of esters is 2. The van der Waals surface area contributed by atoms with Crippen molar-refractivity contribution in [3.05, 3.63) is 82.5 Å². The molecular formula is C24H20ClN3O4. The number of methoxy groups -OCH3 is 1. The van der Waals surface area contributed by atoms with Gasteiger partial charge >= 0.3 is 11.9 Å². The zero-order chi connectivity index (χ0) is 22.7. The molecule has 162 valence electrons. The number of benzene rings is 2. The third-order valence-electron chi connectivity index (χ3n) is 5.04. The fourth-order valence-corrected chi connectivity index (χ4v) is 3.64. The average molecular weight is 450 g/mol. The number of ether oxygens (including phenoxy) is 2. The van der Waals surface area contributed by atoms with E-state index in [4.69, 9.17) is 26.1 Å². The number of fused-ring (bicyclic) bond motifs is 1. The molecule has 4 aromatic rings. The summed E-state index contributed by atoms with van der Waals surface area (Å²) < 4.78 is 12.0. The van der Waals surface area contributed by atoms with Crippen molar-refractivity contribution in [1.82, 2.24) is 14.8 Å². The summed E-state index contributed by atoms with van der Waals surface area (Å²) >= 11 is 6.32. The molecular weight excluding hydrogens is 430 g/mol. The van der Waals surface area contributed by atoms with Gasteiger partial charge in [-0.25, -0.2) is 19.3 Å². The molecule has 0 spiro atoms. The molecule has 2 aromatic carbocycles. The Morgan fingerprint density at radius 1 is 1.03 bits per heavy atom. The van der Waals surface area contributed by atoms with E-state index in [1.54, 1.807) is 35.1 Å². The van der Waals surface area contributed by atoms with Crippen LogP contribution in [-0.4, -0.2) is 33.8 Å². The van der Waals surface area contributed by atoms with Gasteiger partial charge in [0.15, 0.2) is 5.65 Å². The molecule has 7 nitrogen and oxygen atoms in total. The van der Waals surface area contributed by atoms with Crippen molar-refractivity contribution >= 4 is 34.6 Å². The van der Waals surface area contributed by atoms with Crippen LogP contribution in [-0.2, 0) is 22.6 Å². The molecule has 0 saturated carbocycles. The summed E-state index contributed by atoms with van der Waals surface area (Å²) in [5, 5.41) is 5.13. The van der Waals surface area contributed by atoms with Gasteiger partial charge in [0.2, 0.25) is 0 Å². The SMILES string of the molecule is CCn1ncc2c(C(=O)OCc3cccc(C(=O)OC)c3Cl)cc(-c3ccccc3)nc21. The van der Waals surface area contributed by atoms with Crippen molar-refractivity contribution in [3.63, 3.8) is 0 Å². The minimum absolute atomic E-state index is 0.102. The Bertz CT molecular complexity index is 1300. The lowest BCUT2D eigenvalue weighted by atomic mass is 10.1. The third kappa shape index (κ3) is 4.07. The van der Waals surface area contributed by atoms with E-state index in [0.717, 1.165) is 5.56 Å². The second-order valence-corrected chi connectivity index (χ2v) is 7.34. The van der Waals surface area contributed by atoms with Crippen LogP contribution in [0.25, 0.3) is 22.3 Å².